The van der Waals surface area contributed by atoms with Gasteiger partial charge in [-0.25, -0.2) is 4.39 Å². The van der Waals surface area contributed by atoms with E-state index in [9.17, 15) is 4.39 Å². The second-order valence-corrected chi connectivity index (χ2v) is 5.15. The topological polar surface area (TPSA) is 29.3 Å². The zero-order valence-electron chi connectivity index (χ0n) is 9.53. The van der Waals surface area contributed by atoms with Gasteiger partial charge in [0.25, 0.3) is 0 Å². The second kappa shape index (κ2) is 6.69. The van der Waals surface area contributed by atoms with Crippen molar-refractivity contribution in [2.24, 2.45) is 5.73 Å². The predicted molar refractivity (Wildman–Crippen MR) is 73.8 cm³/mol. The maximum Gasteiger partial charge on any atom is 0.127 e. The van der Waals surface area contributed by atoms with Crippen LogP contribution in [0.5, 0.6) is 0 Å². The number of hydrogen-bond acceptors (Lipinski definition) is 2. The molecule has 5 heteroatoms. The smallest absolute Gasteiger partial charge is 0.127 e. The van der Waals surface area contributed by atoms with Crippen molar-refractivity contribution in [1.82, 2.24) is 4.90 Å². The van der Waals surface area contributed by atoms with E-state index in [0.717, 1.165) is 29.4 Å². The molecule has 96 valence electrons. The molecule has 2 N–H and O–H groups in total. The minimum absolute atomic E-state index is 0. The highest BCUT2D eigenvalue weighted by Crippen LogP contribution is 2.22. The van der Waals surface area contributed by atoms with Gasteiger partial charge < -0.3 is 5.73 Å². The molecule has 0 radical (unpaired) electrons. The monoisotopic (exact) mass is 322 g/mol. The summed E-state index contributed by atoms with van der Waals surface area (Å²) >= 11 is 3.37. The molecule has 1 aliphatic heterocycles. The van der Waals surface area contributed by atoms with Gasteiger partial charge in [-0.05, 0) is 37.6 Å². The van der Waals surface area contributed by atoms with Crippen molar-refractivity contribution < 1.29 is 4.39 Å². The van der Waals surface area contributed by atoms with Crippen LogP contribution < -0.4 is 5.73 Å². The van der Waals surface area contributed by atoms with Gasteiger partial charge in [0.05, 0.1) is 0 Å². The van der Waals surface area contributed by atoms with Crippen LogP contribution in [-0.4, -0.2) is 24.0 Å². The van der Waals surface area contributed by atoms with E-state index in [4.69, 9.17) is 5.73 Å². The Morgan fingerprint density at radius 1 is 1.47 bits per heavy atom. The highest BCUT2D eigenvalue weighted by atomic mass is 79.9. The van der Waals surface area contributed by atoms with Crippen LogP contribution in [0.2, 0.25) is 0 Å². The molecule has 1 unspecified atom stereocenters. The molecule has 0 saturated carbocycles. The first-order valence-corrected chi connectivity index (χ1v) is 6.38. The van der Waals surface area contributed by atoms with E-state index < -0.39 is 0 Å². The molecule has 1 saturated heterocycles. The minimum atomic E-state index is -0.133. The van der Waals surface area contributed by atoms with Gasteiger partial charge in [-0.1, -0.05) is 15.9 Å². The van der Waals surface area contributed by atoms with Crippen molar-refractivity contribution in [3.8, 4) is 0 Å². The number of likely N-dealkylation sites (tertiary alicyclic amines) is 1. The molecule has 17 heavy (non-hydrogen) atoms. The summed E-state index contributed by atoms with van der Waals surface area (Å²) < 4.78 is 14.5. The molecule has 1 atom stereocenters. The first-order valence-electron chi connectivity index (χ1n) is 5.58. The normalized spacial score (nSPS) is 20.3. The van der Waals surface area contributed by atoms with E-state index in [1.54, 1.807) is 6.07 Å². The highest BCUT2D eigenvalue weighted by molar-refractivity contribution is 9.10. The van der Waals surface area contributed by atoms with Crippen LogP contribution in [0.4, 0.5) is 4.39 Å². The van der Waals surface area contributed by atoms with E-state index in [0.29, 0.717) is 19.1 Å². The number of rotatable bonds is 3. The lowest BCUT2D eigenvalue weighted by atomic mass is 10.1. The zero-order chi connectivity index (χ0) is 11.5. The van der Waals surface area contributed by atoms with Gasteiger partial charge in [0.15, 0.2) is 0 Å². The van der Waals surface area contributed by atoms with Gasteiger partial charge in [0, 0.05) is 29.2 Å². The predicted octanol–water partition coefficient (Wildman–Crippen LogP) is 2.93. The van der Waals surface area contributed by atoms with Gasteiger partial charge in [-0.15, -0.1) is 12.4 Å². The van der Waals surface area contributed by atoms with Crippen LogP contribution in [0.1, 0.15) is 18.4 Å². The van der Waals surface area contributed by atoms with E-state index in [1.165, 1.54) is 6.07 Å². The van der Waals surface area contributed by atoms with Crippen molar-refractivity contribution >= 4 is 28.3 Å². The van der Waals surface area contributed by atoms with Crippen molar-refractivity contribution in [3.05, 3.63) is 34.1 Å². The van der Waals surface area contributed by atoms with Crippen molar-refractivity contribution in [2.45, 2.75) is 25.4 Å². The summed E-state index contributed by atoms with van der Waals surface area (Å²) in [4.78, 5) is 2.27. The van der Waals surface area contributed by atoms with Gasteiger partial charge in [-0.2, -0.15) is 0 Å². The summed E-state index contributed by atoms with van der Waals surface area (Å²) in [7, 11) is 0. The molecule has 2 rings (SSSR count). The third-order valence-corrected chi connectivity index (χ3v) is 3.65. The maximum atomic E-state index is 13.6. The van der Waals surface area contributed by atoms with Crippen LogP contribution in [0.3, 0.4) is 0 Å². The molecule has 1 fully saturated rings. The maximum absolute atomic E-state index is 13.6. The third-order valence-electron chi connectivity index (χ3n) is 3.15. The molecular formula is C12H17BrClFN2. The summed E-state index contributed by atoms with van der Waals surface area (Å²) in [6.07, 6.45) is 2.30. The van der Waals surface area contributed by atoms with Gasteiger partial charge in [0.2, 0.25) is 0 Å². The highest BCUT2D eigenvalue weighted by Gasteiger charge is 2.23. The summed E-state index contributed by atoms with van der Waals surface area (Å²) in [6, 6.07) is 5.50. The number of hydrogen-bond donors (Lipinski definition) is 1. The molecule has 0 spiro atoms. The third kappa shape index (κ3) is 3.65. The fraction of sp³-hybridized carbons (Fsp3) is 0.500. The summed E-state index contributed by atoms with van der Waals surface area (Å²) in [5.41, 5.74) is 6.45. The lowest BCUT2D eigenvalue weighted by molar-refractivity contribution is 0.247. The number of nitrogens with two attached hydrogens (primary N) is 1. The van der Waals surface area contributed by atoms with Crippen molar-refractivity contribution in [3.63, 3.8) is 0 Å². The Morgan fingerprint density at radius 3 is 2.94 bits per heavy atom. The molecule has 1 aromatic carbocycles. The van der Waals surface area contributed by atoms with Crippen LogP contribution >= 0.6 is 28.3 Å². The standard InChI is InChI=1S/C12H16BrFN2.ClH/c13-10-3-4-12(14)9(6-10)8-16-5-1-2-11(16)7-15;/h3-4,6,11H,1-2,5,7-8,15H2;1H. The molecule has 1 aromatic rings. The second-order valence-electron chi connectivity index (χ2n) is 4.24. The zero-order valence-corrected chi connectivity index (χ0v) is 11.9. The van der Waals surface area contributed by atoms with E-state index in [1.807, 2.05) is 6.07 Å². The first kappa shape index (κ1) is 14.9. The number of halogens is 3. The van der Waals surface area contributed by atoms with Crippen LogP contribution in [0.15, 0.2) is 22.7 Å². The summed E-state index contributed by atoms with van der Waals surface area (Å²) in [5, 5.41) is 0. The molecule has 1 heterocycles. The number of nitrogens with zero attached hydrogens (tertiary/aromatic N) is 1. The van der Waals surface area contributed by atoms with Gasteiger partial charge in [0.1, 0.15) is 5.82 Å². The summed E-state index contributed by atoms with van der Waals surface area (Å²) in [6.45, 7) is 2.34. The Labute approximate surface area is 116 Å². The Hall–Kier alpha value is -0.160. The molecule has 1 aliphatic rings. The fourth-order valence-electron chi connectivity index (χ4n) is 2.25. The van der Waals surface area contributed by atoms with Gasteiger partial charge in [-0.3, -0.25) is 4.90 Å². The first-order chi connectivity index (χ1) is 7.70. The molecule has 0 aromatic heterocycles. The Kier molecular flexibility index (Phi) is 5.86. The molecule has 0 amide bonds. The van der Waals surface area contributed by atoms with E-state index in [-0.39, 0.29) is 18.2 Å². The minimum Gasteiger partial charge on any atom is -0.329 e. The lowest BCUT2D eigenvalue weighted by Crippen LogP contribution is -2.35. The molecule has 2 nitrogen and oxygen atoms in total. The average Bonchev–Trinajstić information content (AvgIpc) is 2.71. The van der Waals surface area contributed by atoms with Crippen LogP contribution in [0, 0.1) is 5.82 Å². The Bertz CT molecular complexity index is 376. The number of benzene rings is 1. The summed E-state index contributed by atoms with van der Waals surface area (Å²) in [5.74, 6) is -0.133. The average molecular weight is 324 g/mol. The quantitative estimate of drug-likeness (QED) is 0.927. The van der Waals surface area contributed by atoms with E-state index >= 15 is 0 Å². The van der Waals surface area contributed by atoms with Crippen LogP contribution in [-0.2, 0) is 6.54 Å². The largest absolute Gasteiger partial charge is 0.329 e. The van der Waals surface area contributed by atoms with Gasteiger partial charge >= 0.3 is 0 Å². The van der Waals surface area contributed by atoms with Crippen molar-refractivity contribution in [2.75, 3.05) is 13.1 Å². The molecule has 0 bridgehead atoms. The van der Waals surface area contributed by atoms with Crippen molar-refractivity contribution in [1.29, 1.82) is 0 Å². The fourth-order valence-corrected chi connectivity index (χ4v) is 2.66. The SMILES string of the molecule is Cl.NCC1CCCN1Cc1cc(Br)ccc1F. The van der Waals surface area contributed by atoms with Crippen LogP contribution in [0.25, 0.3) is 0 Å². The Morgan fingerprint density at radius 2 is 2.24 bits per heavy atom. The van der Waals surface area contributed by atoms with E-state index in [2.05, 4.69) is 20.8 Å². The Balaban J connectivity index is 0.00000144. The lowest BCUT2D eigenvalue weighted by Gasteiger charge is -2.23. The molecular weight excluding hydrogens is 307 g/mol. The molecule has 0 aliphatic carbocycles.